The van der Waals surface area contributed by atoms with Crippen LogP contribution in [-0.2, 0) is 9.53 Å². The Labute approximate surface area is 196 Å². The second-order valence-electron chi connectivity index (χ2n) is 7.71. The summed E-state index contributed by atoms with van der Waals surface area (Å²) in [6.45, 7) is 5.72. The van der Waals surface area contributed by atoms with E-state index in [4.69, 9.17) is 16.3 Å². The summed E-state index contributed by atoms with van der Waals surface area (Å²) in [6.07, 6.45) is 1.66. The number of rotatable bonds is 4. The number of halogens is 1. The molecule has 1 N–H and O–H groups in total. The number of hydrogen-bond donors (Lipinski definition) is 1. The quantitative estimate of drug-likeness (QED) is 0.337. The Bertz CT molecular complexity index is 1320. The van der Waals surface area contributed by atoms with E-state index < -0.39 is 17.9 Å². The van der Waals surface area contributed by atoms with Crippen molar-refractivity contribution in [2.24, 2.45) is 0 Å². The van der Waals surface area contributed by atoms with Gasteiger partial charge in [0.25, 0.3) is 5.91 Å². The van der Waals surface area contributed by atoms with E-state index in [0.29, 0.717) is 16.3 Å². The molecule has 0 spiro atoms. The predicted molar refractivity (Wildman–Crippen MR) is 127 cm³/mol. The van der Waals surface area contributed by atoms with Crippen molar-refractivity contribution in [2.45, 2.75) is 20.8 Å². The first-order valence-electron chi connectivity index (χ1n) is 10.2. The molecule has 3 aromatic rings. The number of aromatic nitrogens is 1. The molecule has 168 valence electrons. The topological polar surface area (TPSA) is 80.6 Å². The van der Waals surface area contributed by atoms with Crippen molar-refractivity contribution in [3.63, 3.8) is 0 Å². The molecular weight excluding hydrogens is 442 g/mol. The Morgan fingerprint density at radius 3 is 2.42 bits per heavy atom. The van der Waals surface area contributed by atoms with Crippen LogP contribution in [0.5, 0.6) is 0 Å². The fraction of sp³-hybridized carbons (Fsp3) is 0.160. The van der Waals surface area contributed by atoms with Gasteiger partial charge in [-0.1, -0.05) is 17.7 Å². The molecule has 33 heavy (non-hydrogen) atoms. The van der Waals surface area contributed by atoms with Crippen LogP contribution < -0.4 is 10.2 Å². The molecule has 8 heteroatoms. The minimum absolute atomic E-state index is 0.176. The number of carbonyl (C=O) groups is 3. The van der Waals surface area contributed by atoms with Gasteiger partial charge in [0.1, 0.15) is 5.70 Å². The molecule has 1 aliphatic heterocycles. The Balaban J connectivity index is 1.73. The van der Waals surface area contributed by atoms with Crippen molar-refractivity contribution in [1.82, 2.24) is 9.88 Å². The lowest BCUT2D eigenvalue weighted by molar-refractivity contribution is -0.113. The van der Waals surface area contributed by atoms with Crippen molar-refractivity contribution < 1.29 is 19.1 Å². The first-order chi connectivity index (χ1) is 15.7. The number of esters is 1. The number of urea groups is 1. The van der Waals surface area contributed by atoms with Crippen molar-refractivity contribution in [1.29, 1.82) is 0 Å². The van der Waals surface area contributed by atoms with Crippen molar-refractivity contribution >= 4 is 41.3 Å². The molecule has 0 bridgehead atoms. The van der Waals surface area contributed by atoms with E-state index in [9.17, 15) is 14.4 Å². The smallest absolute Gasteiger partial charge is 0.338 e. The van der Waals surface area contributed by atoms with Gasteiger partial charge >= 0.3 is 12.0 Å². The number of imide groups is 1. The summed E-state index contributed by atoms with van der Waals surface area (Å²) >= 11 is 5.92. The third kappa shape index (κ3) is 3.91. The molecule has 1 fully saturated rings. The molecule has 2 aromatic carbocycles. The van der Waals surface area contributed by atoms with E-state index in [1.807, 2.05) is 37.5 Å². The third-order valence-corrected chi connectivity index (χ3v) is 5.94. The van der Waals surface area contributed by atoms with Crippen LogP contribution in [0.15, 0.2) is 54.2 Å². The van der Waals surface area contributed by atoms with Crippen LogP contribution in [0.4, 0.5) is 10.5 Å². The summed E-state index contributed by atoms with van der Waals surface area (Å²) in [7, 11) is 1.35. The van der Waals surface area contributed by atoms with E-state index in [2.05, 4.69) is 5.32 Å². The van der Waals surface area contributed by atoms with Crippen molar-refractivity contribution in [3.05, 3.63) is 87.3 Å². The van der Waals surface area contributed by atoms with Gasteiger partial charge in [-0.2, -0.15) is 0 Å². The number of anilines is 1. The first kappa shape index (κ1) is 22.4. The maximum absolute atomic E-state index is 13.0. The monoisotopic (exact) mass is 463 g/mol. The fourth-order valence-electron chi connectivity index (χ4n) is 4.02. The number of ether oxygens (including phenoxy) is 1. The molecular formula is C25H22ClN3O4. The van der Waals surface area contributed by atoms with Crippen LogP contribution in [0, 0.1) is 20.8 Å². The number of nitrogens with zero attached hydrogens (tertiary/aromatic N) is 2. The van der Waals surface area contributed by atoms with Crippen LogP contribution >= 0.6 is 11.6 Å². The van der Waals surface area contributed by atoms with Gasteiger partial charge in [0.15, 0.2) is 0 Å². The Morgan fingerprint density at radius 1 is 1.06 bits per heavy atom. The number of carbonyl (C=O) groups excluding carboxylic acids is 3. The Kier molecular flexibility index (Phi) is 5.82. The number of methoxy groups -OCH3 is 1. The molecule has 0 aliphatic carbocycles. The lowest BCUT2D eigenvalue weighted by atomic mass is 10.1. The summed E-state index contributed by atoms with van der Waals surface area (Å²) in [5.74, 6) is -0.850. The fourth-order valence-corrected chi connectivity index (χ4v) is 4.14. The highest BCUT2D eigenvalue weighted by atomic mass is 35.5. The number of nitrogens with one attached hydrogen (secondary N) is 1. The minimum Gasteiger partial charge on any atom is -0.465 e. The molecule has 2 heterocycles. The summed E-state index contributed by atoms with van der Waals surface area (Å²) in [6, 6.07) is 13.3. The summed E-state index contributed by atoms with van der Waals surface area (Å²) in [5.41, 5.74) is 5.26. The van der Waals surface area contributed by atoms with E-state index in [0.717, 1.165) is 33.1 Å². The molecule has 1 saturated heterocycles. The molecule has 0 radical (unpaired) electrons. The van der Waals surface area contributed by atoms with Gasteiger partial charge in [-0.3, -0.25) is 4.79 Å². The van der Waals surface area contributed by atoms with Crippen molar-refractivity contribution in [2.75, 3.05) is 12.0 Å². The normalized spacial score (nSPS) is 14.7. The zero-order chi connectivity index (χ0) is 23.9. The van der Waals surface area contributed by atoms with Gasteiger partial charge in [-0.15, -0.1) is 0 Å². The van der Waals surface area contributed by atoms with E-state index in [1.54, 1.807) is 42.5 Å². The second kappa shape index (κ2) is 8.60. The number of aryl methyl sites for hydroxylation is 1. The molecule has 1 aliphatic rings. The maximum atomic E-state index is 13.0. The number of hydrogen-bond acceptors (Lipinski definition) is 4. The van der Waals surface area contributed by atoms with Crippen LogP contribution in [-0.4, -0.2) is 29.6 Å². The highest BCUT2D eigenvalue weighted by Crippen LogP contribution is 2.28. The van der Waals surface area contributed by atoms with Gasteiger partial charge in [0, 0.05) is 22.1 Å². The van der Waals surface area contributed by atoms with Crippen LogP contribution in [0.2, 0.25) is 5.02 Å². The first-order valence-corrected chi connectivity index (χ1v) is 10.6. The van der Waals surface area contributed by atoms with Gasteiger partial charge in [0.2, 0.25) is 0 Å². The number of benzene rings is 2. The largest absolute Gasteiger partial charge is 0.465 e. The van der Waals surface area contributed by atoms with E-state index in [1.165, 1.54) is 7.11 Å². The summed E-state index contributed by atoms with van der Waals surface area (Å²) < 4.78 is 6.90. The third-order valence-electron chi connectivity index (χ3n) is 5.68. The average Bonchev–Trinajstić information content (AvgIpc) is 3.22. The lowest BCUT2D eigenvalue weighted by Crippen LogP contribution is -2.30. The van der Waals surface area contributed by atoms with E-state index in [-0.39, 0.29) is 5.70 Å². The minimum atomic E-state index is -0.524. The van der Waals surface area contributed by atoms with Crippen LogP contribution in [0.3, 0.4) is 0 Å². The zero-order valence-electron chi connectivity index (χ0n) is 18.6. The molecule has 0 saturated carbocycles. The standard InChI is InChI=1S/C25H22ClN3O4/c1-14-12-17(16(3)28(14)22-7-5-6-20(15(22)2)24(31)33-4)13-21-23(30)29(25(32)27-21)19-10-8-18(26)9-11-19/h5-13H,1-4H3,(H,27,32)/b21-13+. The second-order valence-corrected chi connectivity index (χ2v) is 8.14. The van der Waals surface area contributed by atoms with E-state index >= 15 is 0 Å². The molecule has 0 unspecified atom stereocenters. The Hall–Kier alpha value is -3.84. The average molecular weight is 464 g/mol. The highest BCUT2D eigenvalue weighted by molar-refractivity contribution is 6.31. The predicted octanol–water partition coefficient (Wildman–Crippen LogP) is 4.94. The van der Waals surface area contributed by atoms with Gasteiger partial charge < -0.3 is 14.6 Å². The molecule has 7 nitrogen and oxygen atoms in total. The van der Waals surface area contributed by atoms with Gasteiger partial charge in [0.05, 0.1) is 18.4 Å². The Morgan fingerprint density at radius 2 is 1.76 bits per heavy atom. The maximum Gasteiger partial charge on any atom is 0.338 e. The van der Waals surface area contributed by atoms with Crippen molar-refractivity contribution in [3.8, 4) is 5.69 Å². The molecule has 0 atom stereocenters. The highest BCUT2D eigenvalue weighted by Gasteiger charge is 2.35. The summed E-state index contributed by atoms with van der Waals surface area (Å²) in [5, 5.41) is 3.16. The van der Waals surface area contributed by atoms with Gasteiger partial charge in [-0.05, 0) is 80.4 Å². The SMILES string of the molecule is COC(=O)c1cccc(-n2c(C)cc(/C=C3/NC(=O)N(c4ccc(Cl)cc4)C3=O)c2C)c1C. The molecule has 3 amide bonds. The molecule has 4 rings (SSSR count). The van der Waals surface area contributed by atoms with Gasteiger partial charge in [-0.25, -0.2) is 14.5 Å². The van der Waals surface area contributed by atoms with Crippen LogP contribution in [0.1, 0.15) is 32.9 Å². The molecule has 1 aromatic heterocycles. The summed E-state index contributed by atoms with van der Waals surface area (Å²) in [4.78, 5) is 38.7. The zero-order valence-corrected chi connectivity index (χ0v) is 19.4. The number of amides is 3. The lowest BCUT2D eigenvalue weighted by Gasteiger charge is -2.15. The van der Waals surface area contributed by atoms with Crippen LogP contribution in [0.25, 0.3) is 11.8 Å².